The summed E-state index contributed by atoms with van der Waals surface area (Å²) in [4.78, 5) is 0. The van der Waals surface area contributed by atoms with Gasteiger partial charge < -0.3 is 0 Å². The van der Waals surface area contributed by atoms with Crippen molar-refractivity contribution in [3.63, 3.8) is 0 Å². The van der Waals surface area contributed by atoms with Crippen LogP contribution in [0.2, 0.25) is 0 Å². The fraction of sp³-hybridized carbons (Fsp3) is 0.889. The van der Waals surface area contributed by atoms with E-state index in [1.807, 2.05) is 0 Å². The van der Waals surface area contributed by atoms with E-state index in [1.54, 1.807) is 5.57 Å². The van der Waals surface area contributed by atoms with Gasteiger partial charge in [-0.3, -0.25) is 0 Å². The zero-order chi connectivity index (χ0) is 26.4. The molecule has 0 nitrogen and oxygen atoms in total. The van der Waals surface area contributed by atoms with Gasteiger partial charge in [0, 0.05) is 10.8 Å². The lowest BCUT2D eigenvalue weighted by Gasteiger charge is -2.73. The van der Waals surface area contributed by atoms with Gasteiger partial charge in [0.15, 0.2) is 0 Å². The van der Waals surface area contributed by atoms with Crippen LogP contribution in [0.1, 0.15) is 146 Å². The van der Waals surface area contributed by atoms with E-state index in [2.05, 4.69) is 74.3 Å². The Morgan fingerprint density at radius 1 is 0.833 bits per heavy atom. The van der Waals surface area contributed by atoms with Gasteiger partial charge in [-0.1, -0.05) is 99.1 Å². The molecule has 5 aliphatic rings. The minimum absolute atomic E-state index is 0.0283. The molecule has 0 aliphatic heterocycles. The van der Waals surface area contributed by atoms with Gasteiger partial charge in [0.1, 0.15) is 0 Å². The van der Waals surface area contributed by atoms with E-state index >= 15 is 0 Å². The highest BCUT2D eigenvalue weighted by Gasteiger charge is 2.71. The minimum atomic E-state index is 0.0283. The molecule has 0 spiro atoms. The van der Waals surface area contributed by atoms with E-state index < -0.39 is 0 Å². The van der Waals surface area contributed by atoms with E-state index in [4.69, 9.17) is 6.42 Å². The second-order valence-corrected chi connectivity index (χ2v) is 16.6. The van der Waals surface area contributed by atoms with Crippen LogP contribution >= 0.6 is 0 Å². The van der Waals surface area contributed by atoms with Gasteiger partial charge in [-0.05, 0) is 109 Å². The van der Waals surface area contributed by atoms with E-state index in [0.717, 1.165) is 11.8 Å². The Hall–Kier alpha value is -0.700. The molecule has 202 valence electrons. The van der Waals surface area contributed by atoms with Crippen LogP contribution in [0.3, 0.4) is 0 Å². The van der Waals surface area contributed by atoms with Crippen molar-refractivity contribution in [1.29, 1.82) is 0 Å². The van der Waals surface area contributed by atoms with Crippen LogP contribution in [0.15, 0.2) is 11.6 Å². The van der Waals surface area contributed by atoms with Gasteiger partial charge in [0.2, 0.25) is 0 Å². The molecule has 7 unspecified atom stereocenters. The van der Waals surface area contributed by atoms with E-state index in [1.165, 1.54) is 83.5 Å². The lowest BCUT2D eigenvalue weighted by atomic mass is 9.31. The first-order valence-electron chi connectivity index (χ1n) is 15.9. The van der Waals surface area contributed by atoms with Crippen molar-refractivity contribution >= 4 is 0 Å². The molecule has 0 radical (unpaired) electrons. The molecule has 0 aromatic rings. The van der Waals surface area contributed by atoms with Crippen molar-refractivity contribution in [3.05, 3.63) is 11.6 Å². The van der Waals surface area contributed by atoms with Crippen molar-refractivity contribution in [2.45, 2.75) is 146 Å². The molecule has 0 heterocycles. The first kappa shape index (κ1) is 26.9. The Balaban J connectivity index is 1.62. The average molecular weight is 491 g/mol. The van der Waals surface area contributed by atoms with Crippen LogP contribution in [0, 0.1) is 68.0 Å². The van der Waals surface area contributed by atoms with Crippen molar-refractivity contribution in [2.24, 2.45) is 55.7 Å². The van der Waals surface area contributed by atoms with Crippen LogP contribution in [-0.4, -0.2) is 0 Å². The number of hydrogen-bond acceptors (Lipinski definition) is 0. The standard InChI is InChI=1S/C36H58/c1-11-14-26-17-19-33(8)27(32(26,7)12-2)18-20-36(13-3)28(33)15-16-29-34(36,9)24-23-31(6)22-21-30(4,5)25-35(29,31)10/h3,16,26-28H,11-12,14-15,17-25H2,1-2,4-10H3/t26?,27?,28?,31?,32-,33?,34-,35?,36?/m1/s1. The SMILES string of the molecule is C#CC12CCC3C(C)(CCC(CCC)[C@@]3(C)CC)C1CC=C1C3(C)CC(C)(C)CCC3(C)CC[C@]12C. The smallest absolute Gasteiger partial charge is 0.0439 e. The number of fused-ring (bicyclic) bond motifs is 7. The summed E-state index contributed by atoms with van der Waals surface area (Å²) in [5.41, 5.74) is 3.96. The largest absolute Gasteiger partial charge is 0.119 e. The van der Waals surface area contributed by atoms with Gasteiger partial charge in [-0.2, -0.15) is 0 Å². The van der Waals surface area contributed by atoms with Crippen molar-refractivity contribution < 1.29 is 0 Å². The Morgan fingerprint density at radius 3 is 2.17 bits per heavy atom. The Kier molecular flexibility index (Phi) is 6.09. The van der Waals surface area contributed by atoms with E-state index in [9.17, 15) is 0 Å². The van der Waals surface area contributed by atoms with Gasteiger partial charge in [-0.15, -0.1) is 6.42 Å². The molecule has 4 saturated carbocycles. The summed E-state index contributed by atoms with van der Waals surface area (Å²) in [6.07, 6.45) is 27.1. The predicted molar refractivity (Wildman–Crippen MR) is 156 cm³/mol. The predicted octanol–water partition coefficient (Wildman–Crippen LogP) is 10.6. The Morgan fingerprint density at radius 2 is 1.53 bits per heavy atom. The van der Waals surface area contributed by atoms with E-state index in [-0.39, 0.29) is 16.2 Å². The summed E-state index contributed by atoms with van der Waals surface area (Å²) in [6, 6.07) is 0. The molecule has 0 bridgehead atoms. The topological polar surface area (TPSA) is 0 Å². The summed E-state index contributed by atoms with van der Waals surface area (Å²) in [5.74, 6) is 6.06. The maximum Gasteiger partial charge on any atom is 0.0439 e. The molecule has 4 fully saturated rings. The molecular formula is C36H58. The molecule has 5 aliphatic carbocycles. The second-order valence-electron chi connectivity index (χ2n) is 16.6. The molecular weight excluding hydrogens is 432 g/mol. The zero-order valence-electron chi connectivity index (χ0n) is 25.6. The highest BCUT2D eigenvalue weighted by Crippen LogP contribution is 2.78. The first-order valence-corrected chi connectivity index (χ1v) is 15.9. The van der Waals surface area contributed by atoms with Crippen LogP contribution in [-0.2, 0) is 0 Å². The lowest BCUT2D eigenvalue weighted by Crippen LogP contribution is -2.66. The summed E-state index contributed by atoms with van der Waals surface area (Å²) in [5, 5.41) is 0. The van der Waals surface area contributed by atoms with Gasteiger partial charge >= 0.3 is 0 Å². The Bertz CT molecular complexity index is 961. The van der Waals surface area contributed by atoms with E-state index in [0.29, 0.717) is 27.6 Å². The fourth-order valence-corrected chi connectivity index (χ4v) is 12.4. The van der Waals surface area contributed by atoms with Crippen molar-refractivity contribution in [3.8, 4) is 12.3 Å². The molecule has 0 amide bonds. The number of rotatable bonds is 3. The molecule has 0 N–H and O–H groups in total. The molecule has 9 atom stereocenters. The first-order chi connectivity index (χ1) is 16.7. The quantitative estimate of drug-likeness (QED) is 0.272. The second kappa shape index (κ2) is 8.15. The zero-order valence-corrected chi connectivity index (χ0v) is 25.6. The molecule has 5 rings (SSSR count). The third-order valence-corrected chi connectivity index (χ3v) is 14.9. The number of hydrogen-bond donors (Lipinski definition) is 0. The summed E-state index contributed by atoms with van der Waals surface area (Å²) < 4.78 is 0. The number of allylic oxidation sites excluding steroid dienone is 2. The van der Waals surface area contributed by atoms with Crippen molar-refractivity contribution in [1.82, 2.24) is 0 Å². The average Bonchev–Trinajstić information content (AvgIpc) is 2.82. The molecule has 0 saturated heterocycles. The number of terminal acetylenes is 1. The maximum atomic E-state index is 6.82. The summed E-state index contributed by atoms with van der Waals surface area (Å²) >= 11 is 0. The van der Waals surface area contributed by atoms with Crippen LogP contribution in [0.4, 0.5) is 0 Å². The monoisotopic (exact) mass is 490 g/mol. The van der Waals surface area contributed by atoms with Gasteiger partial charge in [-0.25, -0.2) is 0 Å². The highest BCUT2D eigenvalue weighted by molar-refractivity contribution is 5.41. The van der Waals surface area contributed by atoms with Crippen LogP contribution in [0.25, 0.3) is 0 Å². The van der Waals surface area contributed by atoms with Crippen LogP contribution in [0.5, 0.6) is 0 Å². The summed E-state index contributed by atoms with van der Waals surface area (Å²) in [7, 11) is 0. The minimum Gasteiger partial charge on any atom is -0.119 e. The molecule has 0 heteroatoms. The third-order valence-electron chi connectivity index (χ3n) is 14.9. The maximum absolute atomic E-state index is 6.82. The summed E-state index contributed by atoms with van der Waals surface area (Å²) in [6.45, 7) is 23.3. The van der Waals surface area contributed by atoms with Crippen molar-refractivity contribution in [2.75, 3.05) is 0 Å². The van der Waals surface area contributed by atoms with Gasteiger partial charge in [0.25, 0.3) is 0 Å². The molecule has 0 aromatic heterocycles. The Labute approximate surface area is 225 Å². The lowest BCUT2D eigenvalue weighted by molar-refractivity contribution is -0.189. The molecule has 0 aromatic carbocycles. The van der Waals surface area contributed by atoms with Gasteiger partial charge in [0.05, 0.1) is 0 Å². The fourth-order valence-electron chi connectivity index (χ4n) is 12.4. The third kappa shape index (κ3) is 3.13. The normalized spacial score (nSPS) is 53.7. The van der Waals surface area contributed by atoms with Crippen LogP contribution < -0.4 is 0 Å². The molecule has 36 heavy (non-hydrogen) atoms. The highest BCUT2D eigenvalue weighted by atomic mass is 14.7.